The minimum absolute atomic E-state index is 0.0238. The zero-order valence-corrected chi connectivity index (χ0v) is 40.3. The Balaban J connectivity index is -0.000000744. The van der Waals surface area contributed by atoms with Crippen molar-refractivity contribution in [3.8, 4) is 0 Å². The molecule has 26 nitrogen and oxygen atoms in total. The van der Waals surface area contributed by atoms with Crippen LogP contribution in [0.15, 0.2) is 48.7 Å². The van der Waals surface area contributed by atoms with E-state index in [9.17, 15) is 38.4 Å². The maximum atomic E-state index is 10.4. The molecule has 0 radical (unpaired) electrons. The highest BCUT2D eigenvalue weighted by Crippen LogP contribution is 2.12. The number of nitrogens with two attached hydrogens (primary N) is 4. The summed E-state index contributed by atoms with van der Waals surface area (Å²) in [5.74, 6) is -6.77. The van der Waals surface area contributed by atoms with Crippen molar-refractivity contribution in [1.29, 1.82) is 0 Å². The number of hydrogen-bond donors (Lipinski definition) is 16. The van der Waals surface area contributed by atoms with E-state index in [0.29, 0.717) is 19.6 Å². The summed E-state index contributed by atoms with van der Waals surface area (Å²) in [5, 5.41) is 77.2. The summed E-state index contributed by atoms with van der Waals surface area (Å²) in [5.41, 5.74) is 22.4. The van der Waals surface area contributed by atoms with Gasteiger partial charge in [-0.2, -0.15) is 0 Å². The first-order valence-electron chi connectivity index (χ1n) is 21.8. The minimum Gasteiger partial charge on any atom is -0.481 e. The molecule has 26 heteroatoms. The van der Waals surface area contributed by atoms with Crippen LogP contribution in [0.5, 0.6) is 0 Å². The Labute approximate surface area is 406 Å². The van der Waals surface area contributed by atoms with E-state index in [2.05, 4.69) is 26.3 Å². The summed E-state index contributed by atoms with van der Waals surface area (Å²) in [4.78, 5) is 84.5. The Hall–Kier alpha value is -6.23. The molecule has 3 aliphatic heterocycles. The van der Waals surface area contributed by atoms with Gasteiger partial charge in [0.25, 0.3) is 0 Å². The number of aliphatic carboxylic acids is 8. The summed E-state index contributed by atoms with van der Waals surface area (Å²) < 4.78 is 4.90. The molecular formula is C44H75N9O17. The number of benzene rings is 1. The number of carbonyl (C=O) groups is 8. The van der Waals surface area contributed by atoms with Gasteiger partial charge in [-0.1, -0.05) is 42.8 Å². The van der Waals surface area contributed by atoms with Crippen molar-refractivity contribution in [2.75, 3.05) is 46.4 Å². The molecule has 0 aliphatic carbocycles. The molecule has 6 atom stereocenters. The Morgan fingerprint density at radius 1 is 0.757 bits per heavy atom. The van der Waals surface area contributed by atoms with E-state index in [4.69, 9.17) is 68.5 Å². The number of aromatic nitrogens is 1. The van der Waals surface area contributed by atoms with E-state index in [1.807, 2.05) is 49.4 Å². The van der Waals surface area contributed by atoms with Crippen LogP contribution in [0.4, 0.5) is 0 Å². The van der Waals surface area contributed by atoms with Crippen LogP contribution in [-0.4, -0.2) is 176 Å². The average molecular weight is 1000 g/mol. The normalized spacial score (nSPS) is 17.6. The van der Waals surface area contributed by atoms with Crippen molar-refractivity contribution in [3.63, 3.8) is 0 Å². The number of likely N-dealkylation sites (N-methyl/N-ethyl adjacent to an activating group) is 1. The zero-order chi connectivity index (χ0) is 54.4. The molecule has 1 aromatic heterocycles. The van der Waals surface area contributed by atoms with Gasteiger partial charge in [-0.3, -0.25) is 43.3 Å². The fraction of sp³-hybridized carbons (Fsp3) is 0.568. The van der Waals surface area contributed by atoms with Crippen molar-refractivity contribution < 1.29 is 83.9 Å². The van der Waals surface area contributed by atoms with Gasteiger partial charge in [0.1, 0.15) is 35.7 Å². The average Bonchev–Trinajstić information content (AvgIpc) is 3.28. The van der Waals surface area contributed by atoms with E-state index in [1.54, 1.807) is 20.2 Å². The maximum Gasteiger partial charge on any atom is 0.323 e. The molecule has 3 saturated heterocycles. The number of rotatable bonds is 14. The summed E-state index contributed by atoms with van der Waals surface area (Å²) in [6.07, 6.45) is 5.75. The van der Waals surface area contributed by atoms with E-state index in [-0.39, 0.29) is 38.1 Å². The quantitative estimate of drug-likeness (QED) is 0.109. The highest BCUT2D eigenvalue weighted by molar-refractivity contribution is 5.77. The van der Waals surface area contributed by atoms with Gasteiger partial charge in [0.2, 0.25) is 0 Å². The van der Waals surface area contributed by atoms with Crippen molar-refractivity contribution in [1.82, 2.24) is 26.3 Å². The Bertz CT molecular complexity index is 1760. The van der Waals surface area contributed by atoms with Crippen LogP contribution in [0, 0.1) is 6.92 Å². The van der Waals surface area contributed by atoms with Crippen molar-refractivity contribution >= 4 is 47.8 Å². The van der Waals surface area contributed by atoms with Gasteiger partial charge < -0.3 is 89.8 Å². The lowest BCUT2D eigenvalue weighted by Gasteiger charge is -2.22. The van der Waals surface area contributed by atoms with Gasteiger partial charge in [-0.15, -0.1) is 0 Å². The molecule has 1 aromatic carbocycles. The highest BCUT2D eigenvalue weighted by Gasteiger charge is 2.23. The number of aryl methyl sites for hydroxylation is 1. The summed E-state index contributed by atoms with van der Waals surface area (Å²) in [6, 6.07) is 10.2. The lowest BCUT2D eigenvalue weighted by molar-refractivity contribution is -0.143. The second-order valence-corrected chi connectivity index (χ2v) is 15.8. The number of morpholine rings is 1. The van der Waals surface area contributed by atoms with Crippen molar-refractivity contribution in [2.24, 2.45) is 22.9 Å². The third-order valence-electron chi connectivity index (χ3n) is 9.03. The van der Waals surface area contributed by atoms with Gasteiger partial charge in [0, 0.05) is 31.0 Å². The smallest absolute Gasteiger partial charge is 0.323 e. The summed E-state index contributed by atoms with van der Waals surface area (Å²) in [7, 11) is 1.61. The zero-order valence-electron chi connectivity index (χ0n) is 40.3. The fourth-order valence-electron chi connectivity index (χ4n) is 4.50. The number of nitrogens with zero attached hydrogens (tertiary/aromatic N) is 1. The van der Waals surface area contributed by atoms with Gasteiger partial charge >= 0.3 is 47.8 Å². The van der Waals surface area contributed by atoms with Crippen LogP contribution in [-0.2, 0) is 49.5 Å². The Kier molecular flexibility index (Phi) is 38.5. The third-order valence-corrected chi connectivity index (χ3v) is 9.03. The molecule has 3 fully saturated rings. The largest absolute Gasteiger partial charge is 0.481 e. The molecule has 398 valence electrons. The van der Waals surface area contributed by atoms with Crippen LogP contribution >= 0.6 is 0 Å². The number of piperidine rings is 1. The lowest BCUT2D eigenvalue weighted by Crippen LogP contribution is -2.48. The second kappa shape index (κ2) is 39.6. The van der Waals surface area contributed by atoms with Crippen LogP contribution in [0.3, 0.4) is 0 Å². The Morgan fingerprint density at radius 3 is 1.53 bits per heavy atom. The van der Waals surface area contributed by atoms with Gasteiger partial charge in [-0.25, -0.2) is 0 Å². The Morgan fingerprint density at radius 2 is 1.27 bits per heavy atom. The minimum atomic E-state index is -1.08. The third kappa shape index (κ3) is 38.7. The number of carboxylic acid groups (broad SMARTS) is 8. The summed E-state index contributed by atoms with van der Waals surface area (Å²) >= 11 is 0. The van der Waals surface area contributed by atoms with Crippen LogP contribution in [0.2, 0.25) is 0 Å². The molecule has 3 aliphatic rings. The highest BCUT2D eigenvalue weighted by atomic mass is 16.5. The standard InChI is InChI=1S/C9H12N2O2.C9H11NO2.C6H11NO2.C5H9NO3.C4H7NO2.2C4H9NO2.C3H7NO2/c1-6-2-3-7(5-11-6)4-8(10)9(12)13;10-8(6-9(11)12)7-4-2-1-3-5-7;8-6(9)5-3-1-2-4-7-5;7-5(8)4-3-9-2-1-6-4;6-4(7)3-1-2-5-3;1-4(2,5)3(6)7;1-3(5-2)4(6)7;4-2-1-3(5)6/h2-3,5,8H,4,10H2,1H3,(H,12,13);1-5,8H,6,10H2,(H,11,12);5,7H,1-4H2,(H,8,9);4,6H,1-3H2,(H,7,8);3,5H,1-2H2,(H,6,7);5H2,1-2H3,(H,6,7);3,5H,1-2H3,(H,6,7);1-2,4H2,(H,5,6)/t2*8-;5-;4-;3-;;3-;/m01000.1./s1. The maximum absolute atomic E-state index is 10.4. The van der Waals surface area contributed by atoms with Crippen molar-refractivity contribution in [3.05, 3.63) is 65.5 Å². The number of pyridine rings is 1. The molecule has 0 amide bonds. The molecular weight excluding hydrogens is 927 g/mol. The van der Waals surface area contributed by atoms with Gasteiger partial charge in [0.15, 0.2) is 0 Å². The first-order chi connectivity index (χ1) is 32.6. The first kappa shape index (κ1) is 68.0. The van der Waals surface area contributed by atoms with E-state index < -0.39 is 77.5 Å². The SMILES string of the molecule is CC(C)(N)C(=O)O.CN[C@H](C)C(=O)O.Cc1ccc(C[C@H](N)C(=O)O)cn1.NCCC(=O)O.N[C@H](CC(=O)O)c1ccccc1.O=C(O)[C@@H]1CCCCN1.O=C(O)[C@@H]1CCN1.O=C(O)[C@@H]1COCCN1. The summed E-state index contributed by atoms with van der Waals surface area (Å²) in [6.45, 7) is 9.83. The second-order valence-electron chi connectivity index (χ2n) is 15.8. The van der Waals surface area contributed by atoms with Crippen LogP contribution in [0.1, 0.15) is 82.2 Å². The molecule has 0 spiro atoms. The van der Waals surface area contributed by atoms with Crippen LogP contribution < -0.4 is 44.2 Å². The van der Waals surface area contributed by atoms with Crippen LogP contribution in [0.25, 0.3) is 0 Å². The monoisotopic (exact) mass is 1000 g/mol. The van der Waals surface area contributed by atoms with E-state index >= 15 is 0 Å². The lowest BCUT2D eigenvalue weighted by atomic mass is 10.1. The molecule has 5 rings (SSSR count). The molecule has 0 unspecified atom stereocenters. The van der Waals surface area contributed by atoms with E-state index in [0.717, 1.165) is 55.6 Å². The fourth-order valence-corrected chi connectivity index (χ4v) is 4.50. The van der Waals surface area contributed by atoms with Crippen molar-refractivity contribution in [2.45, 2.75) is 114 Å². The van der Waals surface area contributed by atoms with Gasteiger partial charge in [-0.05, 0) is 90.7 Å². The van der Waals surface area contributed by atoms with E-state index in [1.165, 1.54) is 13.8 Å². The molecule has 0 bridgehead atoms. The predicted molar refractivity (Wildman–Crippen MR) is 255 cm³/mol. The number of nitrogens with one attached hydrogen (secondary N) is 4. The molecule has 70 heavy (non-hydrogen) atoms. The van der Waals surface area contributed by atoms with Gasteiger partial charge in [0.05, 0.1) is 26.1 Å². The number of carboxylic acids is 8. The topological polar surface area (TPSA) is 473 Å². The first-order valence-corrected chi connectivity index (χ1v) is 21.8. The number of hydrogen-bond acceptors (Lipinski definition) is 18. The molecule has 0 saturated carbocycles. The molecule has 2 aromatic rings. The molecule has 20 N–H and O–H groups in total. The predicted octanol–water partition coefficient (Wildman–Crippen LogP) is -0.882. The molecule has 4 heterocycles. The number of ether oxygens (including phenoxy) is 1.